The number of likely N-dealkylation sites (N-methyl/N-ethyl adjacent to an activating group) is 1. The number of benzene rings is 3. The topological polar surface area (TPSA) is 91.6 Å². The van der Waals surface area contributed by atoms with Crippen molar-refractivity contribution in [1.29, 1.82) is 0 Å². The van der Waals surface area contributed by atoms with Gasteiger partial charge in [-0.1, -0.05) is 49.6 Å². The van der Waals surface area contributed by atoms with E-state index in [1.165, 1.54) is 30.9 Å². The molecular formula is C39H40FN3O4. The number of hydrogen-bond donors (Lipinski definition) is 2. The highest BCUT2D eigenvalue weighted by molar-refractivity contribution is 6.04. The molecule has 3 aromatic carbocycles. The number of nitrogens with one attached hydrogen (secondary N) is 1. The first-order valence-corrected chi connectivity index (χ1v) is 16.8. The predicted octanol–water partition coefficient (Wildman–Crippen LogP) is 7.51. The number of nitrogens with zero attached hydrogens (tertiary/aromatic N) is 2. The number of fused-ring (bicyclic) bond motifs is 5. The summed E-state index contributed by atoms with van der Waals surface area (Å²) in [5.74, 6) is -1.13. The maximum absolute atomic E-state index is 14.5. The van der Waals surface area contributed by atoms with Crippen LogP contribution in [0.3, 0.4) is 0 Å². The first-order valence-electron chi connectivity index (χ1n) is 16.8. The lowest BCUT2D eigenvalue weighted by Gasteiger charge is -2.41. The van der Waals surface area contributed by atoms with Gasteiger partial charge in [0.1, 0.15) is 5.82 Å². The lowest BCUT2D eigenvalue weighted by atomic mass is 9.72. The first kappa shape index (κ1) is 30.9. The van der Waals surface area contributed by atoms with Crippen LogP contribution in [0.1, 0.15) is 84.3 Å². The Hall–Kier alpha value is -4.72. The van der Waals surface area contributed by atoms with Crippen molar-refractivity contribution in [3.63, 3.8) is 0 Å². The summed E-state index contributed by atoms with van der Waals surface area (Å²) in [6, 6.07) is 18.3. The summed E-state index contributed by atoms with van der Waals surface area (Å²) in [5.41, 5.74) is 6.55. The zero-order valence-electron chi connectivity index (χ0n) is 26.7. The molecule has 2 heterocycles. The summed E-state index contributed by atoms with van der Waals surface area (Å²) < 4.78 is 16.8. The van der Waals surface area contributed by atoms with Gasteiger partial charge in [0.05, 0.1) is 11.2 Å². The second-order valence-corrected chi connectivity index (χ2v) is 13.5. The molecule has 0 radical (unpaired) electrons. The quantitative estimate of drug-likeness (QED) is 0.196. The molecule has 47 heavy (non-hydrogen) atoms. The Labute approximate surface area is 274 Å². The first-order chi connectivity index (χ1) is 22.7. The third-order valence-electron chi connectivity index (χ3n) is 10.5. The molecule has 0 atom stereocenters. The maximum Gasteiger partial charge on any atom is 0.328 e. The SMILES string of the molecule is CN1CCn2c(c(C3CCCCC3)c3ccc(C(=O)NC4(C(=O)Cc5ccc(/C=C/C(=O)O)cc5)CCC4)cc32)-c2ccc(F)cc21. The number of rotatable bonds is 8. The van der Waals surface area contributed by atoms with Crippen LogP contribution in [-0.4, -0.2) is 46.5 Å². The Kier molecular flexibility index (Phi) is 8.20. The van der Waals surface area contributed by atoms with Gasteiger partial charge in [-0.2, -0.15) is 0 Å². The standard InChI is InChI=1S/C39H40FN3O4/c1-42-20-21-43-33-23-28(13-15-30(33)36(27-6-3-2-4-7-27)37(43)31-16-14-29(40)24-32(31)42)38(47)41-39(18-5-19-39)34(44)22-26-10-8-25(9-11-26)12-17-35(45)46/h8-17,23-24,27H,2-7,18-22H2,1H3,(H,41,47)(H,45,46)/b17-12+. The molecule has 8 heteroatoms. The van der Waals surface area contributed by atoms with Crippen LogP contribution in [0.15, 0.2) is 66.7 Å². The second-order valence-electron chi connectivity index (χ2n) is 13.5. The van der Waals surface area contributed by atoms with E-state index in [0.29, 0.717) is 37.4 Å². The maximum atomic E-state index is 14.5. The van der Waals surface area contributed by atoms with E-state index in [9.17, 15) is 18.8 Å². The van der Waals surface area contributed by atoms with Crippen LogP contribution in [0, 0.1) is 5.82 Å². The number of carboxylic acids is 1. The van der Waals surface area contributed by atoms with Gasteiger partial charge in [-0.15, -0.1) is 0 Å². The third-order valence-corrected chi connectivity index (χ3v) is 10.5. The van der Waals surface area contributed by atoms with Crippen LogP contribution in [0.25, 0.3) is 28.2 Å². The van der Waals surface area contributed by atoms with E-state index in [1.54, 1.807) is 24.3 Å². The number of amides is 1. The van der Waals surface area contributed by atoms with Crippen molar-refractivity contribution in [2.45, 2.75) is 75.8 Å². The van der Waals surface area contributed by atoms with Gasteiger partial charge in [-0.25, -0.2) is 9.18 Å². The summed E-state index contributed by atoms with van der Waals surface area (Å²) in [4.78, 5) is 40.4. The summed E-state index contributed by atoms with van der Waals surface area (Å²) in [7, 11) is 2.01. The van der Waals surface area contributed by atoms with Crippen molar-refractivity contribution in [3.8, 4) is 11.3 Å². The molecule has 7 rings (SSSR count). The van der Waals surface area contributed by atoms with Crippen LogP contribution >= 0.6 is 0 Å². The number of ketones is 1. The molecule has 2 aliphatic carbocycles. The van der Waals surface area contributed by atoms with Gasteiger partial charge in [0.25, 0.3) is 5.91 Å². The number of aliphatic carboxylic acids is 1. The predicted molar refractivity (Wildman–Crippen MR) is 182 cm³/mol. The molecule has 0 spiro atoms. The van der Waals surface area contributed by atoms with Crippen LogP contribution in [0.4, 0.5) is 10.1 Å². The molecule has 1 amide bonds. The Bertz CT molecular complexity index is 1900. The molecule has 3 aliphatic rings. The monoisotopic (exact) mass is 633 g/mol. The minimum atomic E-state index is -1.02. The van der Waals surface area contributed by atoms with Gasteiger partial charge in [-0.05, 0) is 91.1 Å². The third kappa shape index (κ3) is 5.86. The minimum absolute atomic E-state index is 0.0185. The van der Waals surface area contributed by atoms with E-state index >= 15 is 0 Å². The molecule has 1 aromatic heterocycles. The average Bonchev–Trinajstić information content (AvgIpc) is 3.30. The summed E-state index contributed by atoms with van der Waals surface area (Å²) in [6.45, 7) is 1.42. The van der Waals surface area contributed by atoms with Gasteiger partial charge < -0.3 is 19.9 Å². The molecule has 2 saturated carbocycles. The number of Topliss-reactive ketones (excluding diaryl/α,β-unsaturated/α-hetero) is 1. The van der Waals surface area contributed by atoms with E-state index in [1.807, 2.05) is 37.4 Å². The smallest absolute Gasteiger partial charge is 0.328 e. The zero-order chi connectivity index (χ0) is 32.7. The molecule has 2 fully saturated rings. The average molecular weight is 634 g/mol. The minimum Gasteiger partial charge on any atom is -0.478 e. The number of carbonyl (C=O) groups excluding carboxylic acids is 2. The molecule has 7 nitrogen and oxygen atoms in total. The summed E-state index contributed by atoms with van der Waals surface area (Å²) >= 11 is 0. The Balaban J connectivity index is 1.20. The second kappa shape index (κ2) is 12.5. The van der Waals surface area contributed by atoms with Crippen molar-refractivity contribution in [2.24, 2.45) is 0 Å². The fourth-order valence-corrected chi connectivity index (χ4v) is 7.80. The Morgan fingerprint density at radius 3 is 2.43 bits per heavy atom. The summed E-state index contributed by atoms with van der Waals surface area (Å²) in [6.07, 6.45) is 10.7. The van der Waals surface area contributed by atoms with Gasteiger partial charge in [0, 0.05) is 60.4 Å². The lowest BCUT2D eigenvalue weighted by Crippen LogP contribution is -2.59. The van der Waals surface area contributed by atoms with E-state index in [0.717, 1.165) is 64.3 Å². The van der Waals surface area contributed by atoms with Gasteiger partial charge in [0.15, 0.2) is 5.78 Å². The number of carbonyl (C=O) groups is 3. The van der Waals surface area contributed by atoms with Crippen molar-refractivity contribution in [3.05, 3.63) is 94.8 Å². The lowest BCUT2D eigenvalue weighted by molar-refractivity contribution is -0.131. The van der Waals surface area contributed by atoms with Gasteiger partial charge in [-0.3, -0.25) is 9.59 Å². The molecule has 242 valence electrons. The van der Waals surface area contributed by atoms with Crippen molar-refractivity contribution >= 4 is 40.3 Å². The highest BCUT2D eigenvalue weighted by Gasteiger charge is 2.45. The molecular weight excluding hydrogens is 593 g/mol. The van der Waals surface area contributed by atoms with Crippen molar-refractivity contribution in [1.82, 2.24) is 9.88 Å². The van der Waals surface area contributed by atoms with Crippen LogP contribution < -0.4 is 10.2 Å². The molecule has 0 bridgehead atoms. The normalized spacial score (nSPS) is 17.5. The molecule has 0 saturated heterocycles. The van der Waals surface area contributed by atoms with Gasteiger partial charge in [0.2, 0.25) is 0 Å². The Morgan fingerprint density at radius 2 is 1.72 bits per heavy atom. The highest BCUT2D eigenvalue weighted by atomic mass is 19.1. The zero-order valence-corrected chi connectivity index (χ0v) is 26.7. The molecule has 2 N–H and O–H groups in total. The van der Waals surface area contributed by atoms with Gasteiger partial charge >= 0.3 is 5.97 Å². The van der Waals surface area contributed by atoms with E-state index in [2.05, 4.69) is 20.9 Å². The number of aromatic nitrogens is 1. The van der Waals surface area contributed by atoms with E-state index in [4.69, 9.17) is 5.11 Å². The van der Waals surface area contributed by atoms with Crippen LogP contribution in [0.5, 0.6) is 0 Å². The van der Waals surface area contributed by atoms with Crippen LogP contribution in [-0.2, 0) is 22.6 Å². The number of hydrogen-bond acceptors (Lipinski definition) is 4. The molecule has 4 aromatic rings. The summed E-state index contributed by atoms with van der Waals surface area (Å²) in [5, 5.41) is 13.2. The Morgan fingerprint density at radius 1 is 0.957 bits per heavy atom. The number of halogens is 1. The molecule has 1 aliphatic heterocycles. The van der Waals surface area contributed by atoms with Crippen molar-refractivity contribution < 1.29 is 23.9 Å². The molecule has 0 unspecified atom stereocenters. The number of carboxylic acid groups (broad SMARTS) is 1. The highest BCUT2D eigenvalue weighted by Crippen LogP contribution is 2.47. The van der Waals surface area contributed by atoms with Crippen LogP contribution in [0.2, 0.25) is 0 Å². The number of anilines is 1. The largest absolute Gasteiger partial charge is 0.478 e. The van der Waals surface area contributed by atoms with E-state index in [-0.39, 0.29) is 23.9 Å². The fourth-order valence-electron chi connectivity index (χ4n) is 7.80. The fraction of sp³-hybridized carbons (Fsp3) is 0.359. The van der Waals surface area contributed by atoms with Crippen molar-refractivity contribution in [2.75, 3.05) is 18.5 Å². The van der Waals surface area contributed by atoms with E-state index < -0.39 is 11.5 Å².